The van der Waals surface area contributed by atoms with Crippen LogP contribution in [0.3, 0.4) is 0 Å². The summed E-state index contributed by atoms with van der Waals surface area (Å²) in [5.41, 5.74) is 4.52. The Labute approximate surface area is 145 Å². The van der Waals surface area contributed by atoms with Crippen LogP contribution in [0.25, 0.3) is 16.6 Å². The van der Waals surface area contributed by atoms with E-state index in [-0.39, 0.29) is 11.0 Å². The highest BCUT2D eigenvalue weighted by molar-refractivity contribution is 6.28. The molecular weight excluding hydrogens is 324 g/mol. The zero-order valence-corrected chi connectivity index (χ0v) is 14.7. The topological polar surface area (TPSA) is 78.7 Å². The molecule has 0 atom stereocenters. The molecule has 0 N–H and O–H groups in total. The predicted octanol–water partition coefficient (Wildman–Crippen LogP) is 4.97. The predicted molar refractivity (Wildman–Crippen MR) is 94.7 cm³/mol. The highest BCUT2D eigenvalue weighted by atomic mass is 35.5. The third-order valence-electron chi connectivity index (χ3n) is 3.31. The summed E-state index contributed by atoms with van der Waals surface area (Å²) in [4.78, 5) is 3.99. The van der Waals surface area contributed by atoms with Crippen molar-refractivity contribution in [1.29, 1.82) is 5.26 Å². The van der Waals surface area contributed by atoms with Crippen molar-refractivity contribution < 1.29 is 0 Å². The van der Waals surface area contributed by atoms with Gasteiger partial charge in [-0.1, -0.05) is 19.9 Å². The van der Waals surface area contributed by atoms with Gasteiger partial charge >= 0.3 is 0 Å². The maximum Gasteiger partial charge on any atom is 0.242 e. The molecule has 0 saturated carbocycles. The Bertz CT molecular complexity index is 936. The van der Waals surface area contributed by atoms with Crippen LogP contribution in [0.1, 0.15) is 25.1 Å². The smallest absolute Gasteiger partial charge is 0.234 e. The van der Waals surface area contributed by atoms with Gasteiger partial charge in [0.05, 0.1) is 5.69 Å². The van der Waals surface area contributed by atoms with Crippen LogP contribution >= 0.6 is 11.6 Å². The van der Waals surface area contributed by atoms with Crippen molar-refractivity contribution in [3.63, 3.8) is 0 Å². The van der Waals surface area contributed by atoms with E-state index in [1.807, 2.05) is 45.0 Å². The highest BCUT2D eigenvalue weighted by Crippen LogP contribution is 2.31. The lowest BCUT2D eigenvalue weighted by Gasteiger charge is -2.05. The fourth-order valence-corrected chi connectivity index (χ4v) is 2.52. The molecule has 0 aliphatic rings. The van der Waals surface area contributed by atoms with Crippen LogP contribution in [-0.2, 0) is 0 Å². The maximum absolute atomic E-state index is 9.28. The molecule has 122 valence electrons. The number of nitrogens with zero attached hydrogens (tertiary/aromatic N) is 6. The Balaban J connectivity index is 0.00000100. The normalized spacial score (nSPS) is 10.5. The number of aryl methyl sites for hydroxylation is 1. The first kappa shape index (κ1) is 17.6. The Kier molecular flexibility index (Phi) is 5.61. The summed E-state index contributed by atoms with van der Waals surface area (Å²) in [7, 11) is 1.63. The summed E-state index contributed by atoms with van der Waals surface area (Å²) in [6, 6.07) is 9.77. The van der Waals surface area contributed by atoms with E-state index < -0.39 is 0 Å². The molecule has 0 fully saturated rings. The van der Waals surface area contributed by atoms with E-state index in [0.717, 1.165) is 22.4 Å². The molecule has 0 radical (unpaired) electrons. The van der Waals surface area contributed by atoms with Crippen molar-refractivity contribution in [2.24, 2.45) is 10.2 Å². The Morgan fingerprint density at radius 2 is 2.00 bits per heavy atom. The van der Waals surface area contributed by atoms with Crippen molar-refractivity contribution in [1.82, 2.24) is 14.6 Å². The summed E-state index contributed by atoms with van der Waals surface area (Å²) in [5, 5.41) is 21.3. The van der Waals surface area contributed by atoms with Crippen molar-refractivity contribution >= 4 is 22.8 Å². The maximum atomic E-state index is 9.28. The highest BCUT2D eigenvalue weighted by Gasteiger charge is 2.14. The molecule has 0 bridgehead atoms. The minimum Gasteiger partial charge on any atom is -0.234 e. The number of aromatic nitrogens is 3. The molecule has 24 heavy (non-hydrogen) atoms. The van der Waals surface area contributed by atoms with Crippen LogP contribution in [0, 0.1) is 18.3 Å². The first-order chi connectivity index (χ1) is 11.6. The lowest BCUT2D eigenvalue weighted by Crippen LogP contribution is -1.98. The van der Waals surface area contributed by atoms with Crippen molar-refractivity contribution in [2.45, 2.75) is 20.8 Å². The number of hydrogen-bond acceptors (Lipinski definition) is 5. The summed E-state index contributed by atoms with van der Waals surface area (Å²) >= 11 is 5.82. The second-order valence-corrected chi connectivity index (χ2v) is 5.00. The third kappa shape index (κ3) is 3.26. The number of benzene rings is 1. The van der Waals surface area contributed by atoms with Crippen molar-refractivity contribution in [2.75, 3.05) is 7.05 Å². The van der Waals surface area contributed by atoms with Gasteiger partial charge in [0.15, 0.2) is 5.69 Å². The minimum absolute atomic E-state index is 0.0427. The van der Waals surface area contributed by atoms with Crippen LogP contribution in [0.5, 0.6) is 0 Å². The van der Waals surface area contributed by atoms with Gasteiger partial charge in [0.2, 0.25) is 5.28 Å². The third-order valence-corrected chi connectivity index (χ3v) is 3.47. The second kappa shape index (κ2) is 7.66. The number of azo groups is 1. The first-order valence-electron chi connectivity index (χ1n) is 7.50. The van der Waals surface area contributed by atoms with Gasteiger partial charge in [-0.2, -0.15) is 15.5 Å². The molecule has 0 spiro atoms. The molecule has 0 saturated heterocycles. The fourth-order valence-electron chi connectivity index (χ4n) is 2.35. The lowest BCUT2D eigenvalue weighted by atomic mass is 10.0. The van der Waals surface area contributed by atoms with E-state index in [1.54, 1.807) is 17.8 Å². The van der Waals surface area contributed by atoms with Gasteiger partial charge in [-0.25, -0.2) is 9.50 Å². The first-order valence-corrected chi connectivity index (χ1v) is 7.87. The molecule has 3 rings (SSSR count). The molecule has 2 aromatic heterocycles. The summed E-state index contributed by atoms with van der Waals surface area (Å²) < 4.78 is 1.57. The standard InChI is InChI=1S/C15H11ClN6.C2H6/c1-9-7-10(3-4-12(9)20-18-2)11-5-6-22-14(11)13(8-17)19-15(16)21-22;1-2/h3-7H,1-2H3;1-2H3. The molecule has 0 unspecified atom stereocenters. The van der Waals surface area contributed by atoms with Gasteiger partial charge in [-0.3, -0.25) is 0 Å². The molecule has 2 heterocycles. The van der Waals surface area contributed by atoms with Gasteiger partial charge in [-0.15, -0.1) is 5.10 Å². The van der Waals surface area contributed by atoms with Crippen molar-refractivity contribution in [3.8, 4) is 17.2 Å². The van der Waals surface area contributed by atoms with E-state index in [9.17, 15) is 5.26 Å². The average molecular weight is 341 g/mol. The zero-order chi connectivity index (χ0) is 17.7. The van der Waals surface area contributed by atoms with Crippen LogP contribution in [-0.4, -0.2) is 21.6 Å². The summed E-state index contributed by atoms with van der Waals surface area (Å²) in [6.45, 7) is 5.96. The number of fused-ring (bicyclic) bond motifs is 1. The van der Waals surface area contributed by atoms with Gasteiger partial charge < -0.3 is 0 Å². The molecular formula is C17H17ClN6. The Hall–Kier alpha value is -2.78. The number of hydrogen-bond donors (Lipinski definition) is 0. The quantitative estimate of drug-likeness (QED) is 0.618. The Morgan fingerprint density at radius 1 is 1.25 bits per heavy atom. The number of nitriles is 1. The van der Waals surface area contributed by atoms with Crippen molar-refractivity contribution in [3.05, 3.63) is 47.0 Å². The largest absolute Gasteiger partial charge is 0.242 e. The SMILES string of the molecule is CC.CN=Nc1ccc(-c2ccn3nc(Cl)nc(C#N)c23)cc1C. The molecule has 3 aromatic rings. The number of rotatable bonds is 2. The van der Waals surface area contributed by atoms with Gasteiger partial charge in [0.25, 0.3) is 0 Å². The van der Waals surface area contributed by atoms with E-state index in [2.05, 4.69) is 26.4 Å². The van der Waals surface area contributed by atoms with Crippen LogP contribution in [0.15, 0.2) is 40.7 Å². The summed E-state index contributed by atoms with van der Waals surface area (Å²) in [5.74, 6) is 0. The van der Waals surface area contributed by atoms with Gasteiger partial charge in [-0.05, 0) is 47.9 Å². The van der Waals surface area contributed by atoms with Crippen LogP contribution in [0.4, 0.5) is 5.69 Å². The molecule has 7 heteroatoms. The molecule has 1 aromatic carbocycles. The summed E-state index contributed by atoms with van der Waals surface area (Å²) in [6.07, 6.45) is 1.76. The fraction of sp³-hybridized carbons (Fsp3) is 0.235. The molecule has 0 aliphatic carbocycles. The molecule has 6 nitrogen and oxygen atoms in total. The van der Waals surface area contributed by atoms with E-state index in [1.165, 1.54) is 0 Å². The monoisotopic (exact) mass is 340 g/mol. The molecule has 0 amide bonds. The second-order valence-electron chi connectivity index (χ2n) is 4.67. The van der Waals surface area contributed by atoms with Crippen LogP contribution in [0.2, 0.25) is 5.28 Å². The van der Waals surface area contributed by atoms with Crippen LogP contribution < -0.4 is 0 Å². The average Bonchev–Trinajstić information content (AvgIpc) is 3.01. The number of halogens is 1. The van der Waals surface area contributed by atoms with Gasteiger partial charge in [0, 0.05) is 18.8 Å². The zero-order valence-electron chi connectivity index (χ0n) is 13.9. The van der Waals surface area contributed by atoms with E-state index >= 15 is 0 Å². The minimum atomic E-state index is 0.0427. The molecule has 0 aliphatic heterocycles. The van der Waals surface area contributed by atoms with Gasteiger partial charge in [0.1, 0.15) is 11.6 Å². The van der Waals surface area contributed by atoms with E-state index in [0.29, 0.717) is 5.52 Å². The van der Waals surface area contributed by atoms with E-state index in [4.69, 9.17) is 11.6 Å². The Morgan fingerprint density at radius 3 is 2.62 bits per heavy atom. The lowest BCUT2D eigenvalue weighted by molar-refractivity contribution is 0.898.